The van der Waals surface area contributed by atoms with Crippen LogP contribution in [0.15, 0.2) is 4.52 Å². The van der Waals surface area contributed by atoms with Crippen LogP contribution in [0.1, 0.15) is 25.6 Å². The Morgan fingerprint density at radius 2 is 2.11 bits per heavy atom. The Bertz CT molecular complexity index is 410. The van der Waals surface area contributed by atoms with Gasteiger partial charge in [-0.15, -0.1) is 0 Å². The van der Waals surface area contributed by atoms with Gasteiger partial charge in [0, 0.05) is 13.1 Å². The molecule has 100 valence electrons. The number of aryl methyl sites for hydroxylation is 1. The predicted octanol–water partition coefficient (Wildman–Crippen LogP) is 0.697. The van der Waals surface area contributed by atoms with Gasteiger partial charge in [-0.05, 0) is 20.8 Å². The van der Waals surface area contributed by atoms with Crippen LogP contribution in [-0.2, 0) is 11.3 Å². The highest BCUT2D eigenvalue weighted by Gasteiger charge is 2.25. The molecule has 1 aromatic heterocycles. The van der Waals surface area contributed by atoms with Crippen molar-refractivity contribution in [3.05, 3.63) is 11.7 Å². The molecule has 0 radical (unpaired) electrons. The Labute approximate surface area is 105 Å². The van der Waals surface area contributed by atoms with Crippen LogP contribution in [0.2, 0.25) is 0 Å². The van der Waals surface area contributed by atoms with E-state index in [0.29, 0.717) is 24.8 Å². The molecule has 2 atom stereocenters. The van der Waals surface area contributed by atoms with Gasteiger partial charge in [0.15, 0.2) is 5.82 Å². The van der Waals surface area contributed by atoms with Crippen LogP contribution in [-0.4, -0.2) is 46.4 Å². The summed E-state index contributed by atoms with van der Waals surface area (Å²) in [5.41, 5.74) is 0. The molecule has 0 bridgehead atoms. The van der Waals surface area contributed by atoms with Crippen LogP contribution >= 0.6 is 0 Å². The summed E-state index contributed by atoms with van der Waals surface area (Å²) in [6.45, 7) is 7.09. The Balaban J connectivity index is 1.84. The van der Waals surface area contributed by atoms with E-state index in [-0.39, 0.29) is 24.8 Å². The van der Waals surface area contributed by atoms with Crippen molar-refractivity contribution in [1.29, 1.82) is 0 Å². The molecule has 1 aromatic rings. The number of hydrogen-bond donors (Lipinski definition) is 1. The van der Waals surface area contributed by atoms with Gasteiger partial charge in [0.05, 0.1) is 18.8 Å². The molecule has 2 rings (SSSR count). The zero-order valence-electron chi connectivity index (χ0n) is 10.8. The number of carbonyl (C=O) groups is 1. The van der Waals surface area contributed by atoms with E-state index >= 15 is 0 Å². The molecular formula is C11H18N4O3. The van der Waals surface area contributed by atoms with Crippen LogP contribution < -0.4 is 5.32 Å². The highest BCUT2D eigenvalue weighted by atomic mass is 16.5. The van der Waals surface area contributed by atoms with Crippen molar-refractivity contribution in [3.8, 4) is 0 Å². The summed E-state index contributed by atoms with van der Waals surface area (Å²) >= 11 is 0. The standard InChI is InChI=1S/C11H18N4O3/c1-7-5-15(6-8(2)17-7)11(16)12-4-10-13-9(3)14-18-10/h7-8H,4-6H2,1-3H3,(H,12,16). The van der Waals surface area contributed by atoms with Gasteiger partial charge in [-0.1, -0.05) is 5.16 Å². The minimum atomic E-state index is -0.132. The summed E-state index contributed by atoms with van der Waals surface area (Å²) in [7, 11) is 0. The minimum absolute atomic E-state index is 0.0603. The molecule has 0 saturated carbocycles. The van der Waals surface area contributed by atoms with Gasteiger partial charge in [0.25, 0.3) is 0 Å². The van der Waals surface area contributed by atoms with Gasteiger partial charge < -0.3 is 19.5 Å². The average molecular weight is 254 g/mol. The molecule has 7 heteroatoms. The smallest absolute Gasteiger partial charge is 0.318 e. The number of hydrogen-bond acceptors (Lipinski definition) is 5. The molecule has 1 saturated heterocycles. The summed E-state index contributed by atoms with van der Waals surface area (Å²) < 4.78 is 10.5. The second-order valence-corrected chi connectivity index (χ2v) is 4.56. The maximum atomic E-state index is 11.9. The highest BCUT2D eigenvalue weighted by molar-refractivity contribution is 5.74. The summed E-state index contributed by atoms with van der Waals surface area (Å²) in [6.07, 6.45) is 0.121. The Hall–Kier alpha value is -1.63. The number of rotatable bonds is 2. The third-order valence-electron chi connectivity index (χ3n) is 2.67. The van der Waals surface area contributed by atoms with E-state index in [0.717, 1.165) is 0 Å². The monoisotopic (exact) mass is 254 g/mol. The second-order valence-electron chi connectivity index (χ2n) is 4.56. The first-order valence-corrected chi connectivity index (χ1v) is 6.02. The third kappa shape index (κ3) is 3.19. The van der Waals surface area contributed by atoms with Crippen LogP contribution in [0.3, 0.4) is 0 Å². The van der Waals surface area contributed by atoms with Crippen LogP contribution in [0, 0.1) is 6.92 Å². The number of ether oxygens (including phenoxy) is 1. The van der Waals surface area contributed by atoms with Gasteiger partial charge in [-0.2, -0.15) is 4.98 Å². The summed E-state index contributed by atoms with van der Waals surface area (Å²) in [5, 5.41) is 6.42. The Morgan fingerprint density at radius 3 is 2.67 bits per heavy atom. The number of carbonyl (C=O) groups excluding carboxylic acids is 1. The Morgan fingerprint density at radius 1 is 1.44 bits per heavy atom. The molecule has 0 aliphatic carbocycles. The van der Waals surface area contributed by atoms with E-state index in [2.05, 4.69) is 15.5 Å². The second kappa shape index (κ2) is 5.34. The summed E-state index contributed by atoms with van der Waals surface area (Å²) in [5.74, 6) is 0.975. The van der Waals surface area contributed by atoms with Crippen molar-refractivity contribution in [1.82, 2.24) is 20.4 Å². The molecule has 1 N–H and O–H groups in total. The van der Waals surface area contributed by atoms with E-state index < -0.39 is 0 Å². The third-order valence-corrected chi connectivity index (χ3v) is 2.67. The predicted molar refractivity (Wildman–Crippen MR) is 62.9 cm³/mol. The molecule has 1 fully saturated rings. The minimum Gasteiger partial charge on any atom is -0.372 e. The zero-order chi connectivity index (χ0) is 13.1. The van der Waals surface area contributed by atoms with E-state index in [1.54, 1.807) is 11.8 Å². The average Bonchev–Trinajstić information content (AvgIpc) is 2.70. The fourth-order valence-corrected chi connectivity index (χ4v) is 2.02. The fourth-order valence-electron chi connectivity index (χ4n) is 2.02. The topological polar surface area (TPSA) is 80.5 Å². The molecule has 1 aliphatic heterocycles. The van der Waals surface area contributed by atoms with E-state index in [9.17, 15) is 4.79 Å². The molecule has 0 aromatic carbocycles. The molecule has 18 heavy (non-hydrogen) atoms. The number of urea groups is 1. The number of nitrogens with one attached hydrogen (secondary N) is 1. The Kier molecular flexibility index (Phi) is 3.81. The maximum Gasteiger partial charge on any atom is 0.318 e. The van der Waals surface area contributed by atoms with Gasteiger partial charge in [0.1, 0.15) is 0 Å². The normalized spacial score (nSPS) is 24.1. The first-order valence-electron chi connectivity index (χ1n) is 6.02. The zero-order valence-corrected chi connectivity index (χ0v) is 10.8. The number of amides is 2. The van der Waals surface area contributed by atoms with Crippen molar-refractivity contribution < 1.29 is 14.1 Å². The van der Waals surface area contributed by atoms with E-state index in [1.165, 1.54) is 0 Å². The number of nitrogens with zero attached hydrogens (tertiary/aromatic N) is 3. The SMILES string of the molecule is Cc1noc(CNC(=O)N2CC(C)OC(C)C2)n1. The number of aromatic nitrogens is 2. The van der Waals surface area contributed by atoms with Gasteiger partial charge in [-0.25, -0.2) is 4.79 Å². The highest BCUT2D eigenvalue weighted by Crippen LogP contribution is 2.10. The van der Waals surface area contributed by atoms with Crippen LogP contribution in [0.5, 0.6) is 0 Å². The molecular weight excluding hydrogens is 236 g/mol. The van der Waals surface area contributed by atoms with Gasteiger partial charge in [0.2, 0.25) is 5.89 Å². The lowest BCUT2D eigenvalue weighted by Gasteiger charge is -2.35. The molecule has 2 amide bonds. The summed E-state index contributed by atoms with van der Waals surface area (Å²) in [4.78, 5) is 17.7. The summed E-state index contributed by atoms with van der Waals surface area (Å²) in [6, 6.07) is -0.132. The lowest BCUT2D eigenvalue weighted by atomic mass is 10.2. The molecule has 0 spiro atoms. The lowest BCUT2D eigenvalue weighted by Crippen LogP contribution is -2.51. The molecule has 7 nitrogen and oxygen atoms in total. The van der Waals surface area contributed by atoms with Crippen molar-refractivity contribution in [2.75, 3.05) is 13.1 Å². The molecule has 2 unspecified atom stereocenters. The number of morpholine rings is 1. The van der Waals surface area contributed by atoms with Crippen molar-refractivity contribution in [2.24, 2.45) is 0 Å². The fraction of sp³-hybridized carbons (Fsp3) is 0.727. The van der Waals surface area contributed by atoms with Crippen molar-refractivity contribution >= 4 is 6.03 Å². The van der Waals surface area contributed by atoms with E-state index in [4.69, 9.17) is 9.26 Å². The molecule has 1 aliphatic rings. The maximum absolute atomic E-state index is 11.9. The largest absolute Gasteiger partial charge is 0.372 e. The van der Waals surface area contributed by atoms with Crippen LogP contribution in [0.4, 0.5) is 4.79 Å². The van der Waals surface area contributed by atoms with Gasteiger partial charge in [-0.3, -0.25) is 0 Å². The lowest BCUT2D eigenvalue weighted by molar-refractivity contribution is -0.0545. The molecule has 2 heterocycles. The van der Waals surface area contributed by atoms with Crippen molar-refractivity contribution in [2.45, 2.75) is 39.5 Å². The first-order chi connectivity index (χ1) is 8.54. The first kappa shape index (κ1) is 12.8. The van der Waals surface area contributed by atoms with Gasteiger partial charge >= 0.3 is 6.03 Å². The van der Waals surface area contributed by atoms with E-state index in [1.807, 2.05) is 13.8 Å². The quantitative estimate of drug-likeness (QED) is 0.840. The van der Waals surface area contributed by atoms with Crippen molar-refractivity contribution in [3.63, 3.8) is 0 Å². The van der Waals surface area contributed by atoms with Crippen LogP contribution in [0.25, 0.3) is 0 Å².